The first-order valence-electron chi connectivity index (χ1n) is 10.4. The average Bonchev–Trinajstić information content (AvgIpc) is 2.96. The summed E-state index contributed by atoms with van der Waals surface area (Å²) in [7, 11) is 0. The van der Waals surface area contributed by atoms with Crippen molar-refractivity contribution in [2.45, 2.75) is 76.2 Å². The number of nitrogens with zero attached hydrogens (tertiary/aromatic N) is 3. The summed E-state index contributed by atoms with van der Waals surface area (Å²) in [6.07, 6.45) is 6.57. The van der Waals surface area contributed by atoms with Crippen LogP contribution in [0.1, 0.15) is 64.3 Å². The minimum absolute atomic E-state index is 0.0292. The van der Waals surface area contributed by atoms with E-state index in [2.05, 4.69) is 15.5 Å². The molecule has 0 saturated heterocycles. The Labute approximate surface area is 185 Å². The van der Waals surface area contributed by atoms with Crippen molar-refractivity contribution >= 4 is 29.3 Å². The van der Waals surface area contributed by atoms with Crippen molar-refractivity contribution in [1.29, 1.82) is 0 Å². The molecule has 0 bridgehead atoms. The molecule has 1 aliphatic carbocycles. The normalized spacial score (nSPS) is 16.1. The molecule has 0 aliphatic heterocycles. The largest absolute Gasteiger partial charge is 0.481 e. The van der Waals surface area contributed by atoms with E-state index in [0.29, 0.717) is 29.0 Å². The van der Waals surface area contributed by atoms with E-state index in [9.17, 15) is 9.18 Å². The third kappa shape index (κ3) is 6.11. The molecule has 0 radical (unpaired) electrons. The van der Waals surface area contributed by atoms with Crippen molar-refractivity contribution < 1.29 is 13.9 Å². The van der Waals surface area contributed by atoms with E-state index < -0.39 is 11.9 Å². The fraction of sp³-hybridized carbons (Fsp3) is 0.571. The summed E-state index contributed by atoms with van der Waals surface area (Å²) in [4.78, 5) is 12.4. The summed E-state index contributed by atoms with van der Waals surface area (Å²) < 4.78 is 21.0. The molecule has 2 aromatic rings. The van der Waals surface area contributed by atoms with E-state index in [1.807, 2.05) is 18.4 Å². The number of hydrogen-bond donors (Lipinski definition) is 1. The quantitative estimate of drug-likeness (QED) is 0.440. The van der Waals surface area contributed by atoms with Crippen LogP contribution in [0.15, 0.2) is 23.4 Å². The van der Waals surface area contributed by atoms with Gasteiger partial charge in [0.2, 0.25) is 5.91 Å². The van der Waals surface area contributed by atoms with E-state index in [0.717, 1.165) is 12.8 Å². The number of nitrogens with one attached hydrogen (secondary N) is 1. The summed E-state index contributed by atoms with van der Waals surface area (Å²) in [5.74, 6) is 0.921. The van der Waals surface area contributed by atoms with E-state index in [1.54, 1.807) is 0 Å². The first-order valence-corrected chi connectivity index (χ1v) is 11.8. The minimum Gasteiger partial charge on any atom is -0.481 e. The van der Waals surface area contributed by atoms with Crippen molar-refractivity contribution in [3.05, 3.63) is 34.9 Å². The van der Waals surface area contributed by atoms with E-state index in [4.69, 9.17) is 16.3 Å². The van der Waals surface area contributed by atoms with Crippen LogP contribution in [0, 0.1) is 5.82 Å². The number of aromatic nitrogens is 3. The van der Waals surface area contributed by atoms with Gasteiger partial charge in [-0.25, -0.2) is 4.39 Å². The molecular weight excluding hydrogens is 427 g/mol. The summed E-state index contributed by atoms with van der Waals surface area (Å²) in [6, 6.07) is 4.29. The molecule has 1 aromatic carbocycles. The first kappa shape index (κ1) is 22.9. The number of rotatable bonds is 8. The molecule has 1 N–H and O–H groups in total. The molecule has 1 unspecified atom stereocenters. The fourth-order valence-electron chi connectivity index (χ4n) is 3.64. The van der Waals surface area contributed by atoms with Gasteiger partial charge in [0.15, 0.2) is 17.1 Å². The Kier molecular flexibility index (Phi) is 8.39. The SMILES string of the molecule is CCn1c(SCC(=O)NC2CCCCCC2)nnc1C(C)Oc1ccc(F)cc1Cl. The maximum atomic E-state index is 13.2. The Balaban J connectivity index is 1.59. The van der Waals surface area contributed by atoms with Crippen LogP contribution in [-0.2, 0) is 11.3 Å². The van der Waals surface area contributed by atoms with Crippen LogP contribution in [0.3, 0.4) is 0 Å². The molecule has 1 atom stereocenters. The highest BCUT2D eigenvalue weighted by Crippen LogP contribution is 2.30. The molecule has 1 amide bonds. The number of thioether (sulfide) groups is 1. The highest BCUT2D eigenvalue weighted by atomic mass is 35.5. The molecule has 0 spiro atoms. The number of hydrogen-bond acceptors (Lipinski definition) is 5. The fourth-order valence-corrected chi connectivity index (χ4v) is 4.67. The topological polar surface area (TPSA) is 69.0 Å². The zero-order valence-electron chi connectivity index (χ0n) is 17.4. The van der Waals surface area contributed by atoms with Crippen LogP contribution in [0.4, 0.5) is 4.39 Å². The predicted molar refractivity (Wildman–Crippen MR) is 117 cm³/mol. The van der Waals surface area contributed by atoms with Crippen molar-refractivity contribution in [3.8, 4) is 5.75 Å². The standard InChI is InChI=1S/C21H28ClFN4O2S/c1-3-27-20(14(2)29-18-11-10-15(23)12-17(18)22)25-26-21(27)30-13-19(28)24-16-8-6-4-5-7-9-16/h10-12,14,16H,3-9,13H2,1-2H3,(H,24,28). The van der Waals surface area contributed by atoms with Gasteiger partial charge in [0, 0.05) is 12.6 Å². The predicted octanol–water partition coefficient (Wildman–Crippen LogP) is 5.16. The zero-order chi connectivity index (χ0) is 21.5. The molecule has 1 saturated carbocycles. The van der Waals surface area contributed by atoms with Gasteiger partial charge in [0.1, 0.15) is 11.6 Å². The average molecular weight is 455 g/mol. The van der Waals surface area contributed by atoms with Crippen LogP contribution in [0.2, 0.25) is 5.02 Å². The second kappa shape index (κ2) is 11.0. The lowest BCUT2D eigenvalue weighted by Gasteiger charge is -2.17. The van der Waals surface area contributed by atoms with Gasteiger partial charge in [-0.05, 0) is 44.9 Å². The van der Waals surface area contributed by atoms with Crippen molar-refractivity contribution in [2.24, 2.45) is 0 Å². The number of halogens is 2. The number of carbonyl (C=O) groups excluding carboxylic acids is 1. The van der Waals surface area contributed by atoms with Gasteiger partial charge in [0.25, 0.3) is 0 Å². The van der Waals surface area contributed by atoms with Crippen LogP contribution in [0.5, 0.6) is 5.75 Å². The molecular formula is C21H28ClFN4O2S. The Bertz CT molecular complexity index is 856. The van der Waals surface area contributed by atoms with Gasteiger partial charge in [0.05, 0.1) is 10.8 Å². The Morgan fingerprint density at radius 1 is 1.33 bits per heavy atom. The van der Waals surface area contributed by atoms with Crippen molar-refractivity contribution in [2.75, 3.05) is 5.75 Å². The minimum atomic E-state index is -0.436. The summed E-state index contributed by atoms with van der Waals surface area (Å²) >= 11 is 7.43. The van der Waals surface area contributed by atoms with Crippen molar-refractivity contribution in [3.63, 3.8) is 0 Å². The lowest BCUT2D eigenvalue weighted by Crippen LogP contribution is -2.35. The third-order valence-electron chi connectivity index (χ3n) is 5.18. The molecule has 9 heteroatoms. The van der Waals surface area contributed by atoms with Crippen LogP contribution < -0.4 is 10.1 Å². The van der Waals surface area contributed by atoms with Gasteiger partial charge in [-0.2, -0.15) is 0 Å². The molecule has 1 aliphatic rings. The van der Waals surface area contributed by atoms with E-state index in [-0.39, 0.29) is 17.0 Å². The highest BCUT2D eigenvalue weighted by Gasteiger charge is 2.21. The van der Waals surface area contributed by atoms with E-state index in [1.165, 1.54) is 55.6 Å². The molecule has 30 heavy (non-hydrogen) atoms. The highest BCUT2D eigenvalue weighted by molar-refractivity contribution is 7.99. The lowest BCUT2D eigenvalue weighted by atomic mass is 10.1. The number of benzene rings is 1. The third-order valence-corrected chi connectivity index (χ3v) is 6.44. The van der Waals surface area contributed by atoms with E-state index >= 15 is 0 Å². The van der Waals surface area contributed by atoms with Gasteiger partial charge < -0.3 is 14.6 Å². The van der Waals surface area contributed by atoms with Gasteiger partial charge in [-0.3, -0.25) is 4.79 Å². The maximum absolute atomic E-state index is 13.2. The monoisotopic (exact) mass is 454 g/mol. The number of carbonyl (C=O) groups is 1. The lowest BCUT2D eigenvalue weighted by molar-refractivity contribution is -0.119. The molecule has 3 rings (SSSR count). The second-order valence-corrected chi connectivity index (χ2v) is 8.81. The maximum Gasteiger partial charge on any atom is 0.230 e. The van der Waals surface area contributed by atoms with Crippen molar-refractivity contribution in [1.82, 2.24) is 20.1 Å². The smallest absolute Gasteiger partial charge is 0.230 e. The molecule has 1 heterocycles. The summed E-state index contributed by atoms with van der Waals surface area (Å²) in [5, 5.41) is 12.5. The number of amides is 1. The molecule has 164 valence electrons. The summed E-state index contributed by atoms with van der Waals surface area (Å²) in [5.41, 5.74) is 0. The first-order chi connectivity index (χ1) is 14.5. The Hall–Kier alpha value is -1.80. The second-order valence-electron chi connectivity index (χ2n) is 7.46. The van der Waals surface area contributed by atoms with Gasteiger partial charge in [-0.15, -0.1) is 10.2 Å². The van der Waals surface area contributed by atoms with Crippen LogP contribution in [-0.4, -0.2) is 32.5 Å². The van der Waals surface area contributed by atoms with Crippen LogP contribution >= 0.6 is 23.4 Å². The summed E-state index contributed by atoms with van der Waals surface area (Å²) in [6.45, 7) is 4.46. The van der Waals surface area contributed by atoms with Crippen LogP contribution in [0.25, 0.3) is 0 Å². The number of ether oxygens (including phenoxy) is 1. The zero-order valence-corrected chi connectivity index (χ0v) is 18.9. The Morgan fingerprint density at radius 3 is 2.73 bits per heavy atom. The Morgan fingerprint density at radius 2 is 2.07 bits per heavy atom. The van der Waals surface area contributed by atoms with Gasteiger partial charge in [-0.1, -0.05) is 49.0 Å². The molecule has 1 aromatic heterocycles. The molecule has 6 nitrogen and oxygen atoms in total. The van der Waals surface area contributed by atoms with Gasteiger partial charge >= 0.3 is 0 Å². The molecule has 1 fully saturated rings.